The second-order valence-electron chi connectivity index (χ2n) is 6.87. The van der Waals surface area contributed by atoms with Crippen molar-refractivity contribution >= 4 is 22.7 Å². The van der Waals surface area contributed by atoms with Crippen LogP contribution in [0.2, 0.25) is 0 Å². The molecule has 1 saturated heterocycles. The van der Waals surface area contributed by atoms with Crippen LogP contribution in [0.1, 0.15) is 33.6 Å². The molecule has 1 fully saturated rings. The van der Waals surface area contributed by atoms with Crippen LogP contribution >= 0.6 is 0 Å². The van der Waals surface area contributed by atoms with Gasteiger partial charge in [-0.2, -0.15) is 0 Å². The zero-order valence-corrected chi connectivity index (χ0v) is 14.9. The number of hydrogen-bond acceptors (Lipinski definition) is 4. The van der Waals surface area contributed by atoms with Crippen LogP contribution in [-0.2, 0) is 0 Å². The van der Waals surface area contributed by atoms with Crippen molar-refractivity contribution in [1.82, 2.24) is 15.2 Å². The van der Waals surface area contributed by atoms with Crippen molar-refractivity contribution in [3.05, 3.63) is 66.2 Å². The highest BCUT2D eigenvalue weighted by molar-refractivity contribution is 5.98. The van der Waals surface area contributed by atoms with Gasteiger partial charge < -0.3 is 14.6 Å². The summed E-state index contributed by atoms with van der Waals surface area (Å²) in [5, 5.41) is 3.93. The second-order valence-corrected chi connectivity index (χ2v) is 6.87. The molecular formula is C21H21N3O3. The summed E-state index contributed by atoms with van der Waals surface area (Å²) in [4.78, 5) is 30.9. The van der Waals surface area contributed by atoms with Gasteiger partial charge in [0.1, 0.15) is 6.26 Å². The molecule has 2 amide bonds. The lowest BCUT2D eigenvalue weighted by atomic mass is 10.1. The van der Waals surface area contributed by atoms with E-state index in [0.717, 1.165) is 36.8 Å². The quantitative estimate of drug-likeness (QED) is 0.756. The molecule has 4 rings (SSSR count). The molecule has 1 N–H and O–H groups in total. The molecule has 1 aliphatic rings. The van der Waals surface area contributed by atoms with Gasteiger partial charge in [-0.15, -0.1) is 0 Å². The lowest BCUT2D eigenvalue weighted by Gasteiger charge is -2.17. The van der Waals surface area contributed by atoms with Gasteiger partial charge in [0.2, 0.25) is 0 Å². The zero-order chi connectivity index (χ0) is 18.6. The van der Waals surface area contributed by atoms with Gasteiger partial charge in [-0.3, -0.25) is 14.6 Å². The third-order valence-electron chi connectivity index (χ3n) is 5.05. The Morgan fingerprint density at radius 1 is 1.22 bits per heavy atom. The lowest BCUT2D eigenvalue weighted by molar-refractivity contribution is 0.0785. The average molecular weight is 363 g/mol. The standard InChI is InChI=1S/C21H21N3O3/c25-20(18-7-11-27-14-18)23-9-5-15-6-10-24(13-15)21(26)17-4-3-16-2-1-8-22-19(16)12-17/h1-4,7-8,11-12,14-15H,5-6,9-10,13H2,(H,23,25)/t15-/m1/s1. The molecule has 138 valence electrons. The Kier molecular flexibility index (Phi) is 4.87. The molecular weight excluding hydrogens is 342 g/mol. The van der Waals surface area contributed by atoms with Gasteiger partial charge in [0.25, 0.3) is 11.8 Å². The molecule has 1 aromatic carbocycles. The van der Waals surface area contributed by atoms with Gasteiger partial charge >= 0.3 is 0 Å². The minimum Gasteiger partial charge on any atom is -0.472 e. The van der Waals surface area contributed by atoms with Gasteiger partial charge in [0.15, 0.2) is 0 Å². The highest BCUT2D eigenvalue weighted by Gasteiger charge is 2.27. The zero-order valence-electron chi connectivity index (χ0n) is 14.9. The monoisotopic (exact) mass is 363 g/mol. The van der Waals surface area contributed by atoms with Crippen LogP contribution in [0.4, 0.5) is 0 Å². The van der Waals surface area contributed by atoms with E-state index in [9.17, 15) is 9.59 Å². The Morgan fingerprint density at radius 3 is 3.00 bits per heavy atom. The van der Waals surface area contributed by atoms with Gasteiger partial charge in [0.05, 0.1) is 17.3 Å². The van der Waals surface area contributed by atoms with Crippen LogP contribution in [0, 0.1) is 5.92 Å². The van der Waals surface area contributed by atoms with E-state index in [1.54, 1.807) is 12.3 Å². The normalized spacial score (nSPS) is 16.6. The molecule has 0 saturated carbocycles. The van der Waals surface area contributed by atoms with E-state index < -0.39 is 0 Å². The Labute approximate surface area is 157 Å². The molecule has 0 spiro atoms. The molecule has 6 heteroatoms. The molecule has 0 bridgehead atoms. The molecule has 0 radical (unpaired) electrons. The van der Waals surface area contributed by atoms with E-state index in [1.807, 2.05) is 35.2 Å². The molecule has 3 aromatic rings. The summed E-state index contributed by atoms with van der Waals surface area (Å²) >= 11 is 0. The van der Waals surface area contributed by atoms with Crippen LogP contribution in [0.15, 0.2) is 59.5 Å². The maximum Gasteiger partial charge on any atom is 0.254 e. The maximum atomic E-state index is 12.8. The molecule has 1 aliphatic heterocycles. The van der Waals surface area contributed by atoms with Crippen molar-refractivity contribution in [1.29, 1.82) is 0 Å². The molecule has 1 atom stereocenters. The first-order valence-electron chi connectivity index (χ1n) is 9.15. The summed E-state index contributed by atoms with van der Waals surface area (Å²) in [5.41, 5.74) is 2.04. The molecule has 3 heterocycles. The average Bonchev–Trinajstić information content (AvgIpc) is 3.39. The number of pyridine rings is 1. The third-order valence-corrected chi connectivity index (χ3v) is 5.05. The predicted octanol–water partition coefficient (Wildman–Crippen LogP) is 3.11. The number of rotatable bonds is 5. The van der Waals surface area contributed by atoms with Crippen LogP contribution in [-0.4, -0.2) is 41.3 Å². The highest BCUT2D eigenvalue weighted by Crippen LogP contribution is 2.22. The number of hydrogen-bond donors (Lipinski definition) is 1. The number of nitrogens with zero attached hydrogens (tertiary/aromatic N) is 2. The van der Waals surface area contributed by atoms with E-state index in [0.29, 0.717) is 23.6 Å². The molecule has 6 nitrogen and oxygen atoms in total. The van der Waals surface area contributed by atoms with E-state index in [2.05, 4.69) is 10.3 Å². The van der Waals surface area contributed by atoms with Gasteiger partial charge in [-0.25, -0.2) is 0 Å². The minimum atomic E-state index is -0.127. The highest BCUT2D eigenvalue weighted by atomic mass is 16.3. The predicted molar refractivity (Wildman–Crippen MR) is 101 cm³/mol. The van der Waals surface area contributed by atoms with Crippen molar-refractivity contribution in [3.63, 3.8) is 0 Å². The van der Waals surface area contributed by atoms with E-state index in [4.69, 9.17) is 4.42 Å². The first-order chi connectivity index (χ1) is 13.2. The van der Waals surface area contributed by atoms with Gasteiger partial charge in [0, 0.05) is 36.8 Å². The third kappa shape index (κ3) is 3.84. The number of likely N-dealkylation sites (tertiary alicyclic amines) is 1. The second kappa shape index (κ2) is 7.61. The number of fused-ring (bicyclic) bond motifs is 1. The van der Waals surface area contributed by atoms with Crippen molar-refractivity contribution < 1.29 is 14.0 Å². The van der Waals surface area contributed by atoms with Crippen LogP contribution in [0.25, 0.3) is 10.9 Å². The summed E-state index contributed by atoms with van der Waals surface area (Å²) in [5.74, 6) is 0.322. The first kappa shape index (κ1) is 17.3. The summed E-state index contributed by atoms with van der Waals surface area (Å²) in [6.45, 7) is 2.07. The van der Waals surface area contributed by atoms with E-state index >= 15 is 0 Å². The summed E-state index contributed by atoms with van der Waals surface area (Å²) < 4.78 is 4.92. The SMILES string of the molecule is O=C(NCC[C@@H]1CCN(C(=O)c2ccc3cccnc3c2)C1)c1ccoc1. The minimum absolute atomic E-state index is 0.0486. The Balaban J connectivity index is 1.30. The van der Waals surface area contributed by atoms with E-state index in [1.165, 1.54) is 12.5 Å². The van der Waals surface area contributed by atoms with Crippen molar-refractivity contribution in [3.8, 4) is 0 Å². The topological polar surface area (TPSA) is 75.4 Å². The fraction of sp³-hybridized carbons (Fsp3) is 0.286. The number of amides is 2. The smallest absolute Gasteiger partial charge is 0.254 e. The number of carbonyl (C=O) groups excluding carboxylic acids is 2. The van der Waals surface area contributed by atoms with Gasteiger partial charge in [-0.05, 0) is 43.0 Å². The van der Waals surface area contributed by atoms with Crippen LogP contribution in [0.3, 0.4) is 0 Å². The fourth-order valence-electron chi connectivity index (χ4n) is 3.52. The number of aromatic nitrogens is 1. The van der Waals surface area contributed by atoms with E-state index in [-0.39, 0.29) is 11.8 Å². The largest absolute Gasteiger partial charge is 0.472 e. The van der Waals surface area contributed by atoms with Crippen LogP contribution < -0.4 is 5.32 Å². The molecule has 0 aliphatic carbocycles. The van der Waals surface area contributed by atoms with Gasteiger partial charge in [-0.1, -0.05) is 12.1 Å². The van der Waals surface area contributed by atoms with Crippen molar-refractivity contribution in [2.24, 2.45) is 5.92 Å². The number of carbonyl (C=O) groups is 2. The molecule has 2 aromatic heterocycles. The summed E-state index contributed by atoms with van der Waals surface area (Å²) in [7, 11) is 0. The first-order valence-corrected chi connectivity index (χ1v) is 9.15. The Morgan fingerprint density at radius 2 is 2.15 bits per heavy atom. The number of benzene rings is 1. The molecule has 0 unspecified atom stereocenters. The van der Waals surface area contributed by atoms with Crippen LogP contribution in [0.5, 0.6) is 0 Å². The maximum absolute atomic E-state index is 12.8. The lowest BCUT2D eigenvalue weighted by Crippen LogP contribution is -2.30. The number of furan rings is 1. The number of nitrogens with one attached hydrogen (secondary N) is 1. The molecule has 27 heavy (non-hydrogen) atoms. The summed E-state index contributed by atoms with van der Waals surface area (Å²) in [6.07, 6.45) is 6.47. The van der Waals surface area contributed by atoms with Crippen molar-refractivity contribution in [2.75, 3.05) is 19.6 Å². The van der Waals surface area contributed by atoms with Crippen molar-refractivity contribution in [2.45, 2.75) is 12.8 Å². The Bertz CT molecular complexity index is 952. The fourth-order valence-corrected chi connectivity index (χ4v) is 3.52. The Hall–Kier alpha value is -3.15. The summed E-state index contributed by atoms with van der Waals surface area (Å²) in [6, 6.07) is 11.2.